The minimum absolute atomic E-state index is 0.0908. The molecule has 1 aliphatic rings. The van der Waals surface area contributed by atoms with E-state index in [1.54, 1.807) is 4.90 Å². The number of unbranched alkanes of at least 4 members (excludes halogenated alkanes) is 1. The second kappa shape index (κ2) is 9.34. The van der Waals surface area contributed by atoms with Crippen molar-refractivity contribution in [3.8, 4) is 5.75 Å². The quantitative estimate of drug-likeness (QED) is 0.249. The van der Waals surface area contributed by atoms with E-state index in [2.05, 4.69) is 22.9 Å². The van der Waals surface area contributed by atoms with Crippen molar-refractivity contribution in [3.05, 3.63) is 103 Å². The predicted octanol–water partition coefficient (Wildman–Crippen LogP) is 7.10. The summed E-state index contributed by atoms with van der Waals surface area (Å²) in [6.45, 7) is 6.66. The van der Waals surface area contributed by atoms with Crippen molar-refractivity contribution >= 4 is 38.5 Å². The summed E-state index contributed by atoms with van der Waals surface area (Å²) >= 11 is 3.51. The first kappa shape index (κ1) is 23.4. The van der Waals surface area contributed by atoms with Gasteiger partial charge in [0.1, 0.15) is 11.3 Å². The lowest BCUT2D eigenvalue weighted by Crippen LogP contribution is -2.29. The lowest BCUT2D eigenvalue weighted by atomic mass is 9.97. The van der Waals surface area contributed by atoms with E-state index in [0.29, 0.717) is 34.6 Å². The van der Waals surface area contributed by atoms with Crippen LogP contribution in [0, 0.1) is 13.8 Å². The van der Waals surface area contributed by atoms with Crippen LogP contribution in [0.1, 0.15) is 58.6 Å². The molecule has 5 nitrogen and oxygen atoms in total. The molecule has 4 aromatic rings. The van der Waals surface area contributed by atoms with Gasteiger partial charge in [0.15, 0.2) is 5.43 Å². The molecule has 35 heavy (non-hydrogen) atoms. The van der Waals surface area contributed by atoms with Gasteiger partial charge < -0.3 is 9.15 Å². The van der Waals surface area contributed by atoms with E-state index in [4.69, 9.17) is 9.15 Å². The Hall–Kier alpha value is -3.38. The molecule has 1 unspecified atom stereocenters. The zero-order valence-electron chi connectivity index (χ0n) is 19.9. The Morgan fingerprint density at radius 1 is 1.00 bits per heavy atom. The fourth-order valence-electron chi connectivity index (χ4n) is 4.54. The van der Waals surface area contributed by atoms with Gasteiger partial charge in [-0.1, -0.05) is 47.5 Å². The molecular weight excluding hydrogens is 506 g/mol. The lowest BCUT2D eigenvalue weighted by Gasteiger charge is -2.25. The van der Waals surface area contributed by atoms with Crippen LogP contribution in [0.15, 0.2) is 74.3 Å². The number of carbonyl (C=O) groups is 1. The van der Waals surface area contributed by atoms with Crippen molar-refractivity contribution in [1.29, 1.82) is 0 Å². The fourth-order valence-corrected chi connectivity index (χ4v) is 4.93. The number of amides is 1. The molecule has 1 aromatic heterocycles. The zero-order valence-corrected chi connectivity index (χ0v) is 21.5. The van der Waals surface area contributed by atoms with Crippen LogP contribution in [-0.2, 0) is 0 Å². The van der Waals surface area contributed by atoms with Gasteiger partial charge in [-0.15, -0.1) is 0 Å². The molecule has 0 N–H and O–H groups in total. The topological polar surface area (TPSA) is 59.8 Å². The largest absolute Gasteiger partial charge is 0.494 e. The SMILES string of the molecule is CCCCOc1cccc(C2c3c(oc4cc(C)c(C)cc4c3=O)C(=O)N2c2cccc(Br)c2)c1. The molecule has 178 valence electrons. The maximum Gasteiger partial charge on any atom is 0.295 e. The molecule has 0 saturated heterocycles. The smallest absolute Gasteiger partial charge is 0.295 e. The summed E-state index contributed by atoms with van der Waals surface area (Å²) in [6.07, 6.45) is 1.99. The third-order valence-electron chi connectivity index (χ3n) is 6.51. The summed E-state index contributed by atoms with van der Waals surface area (Å²) in [5.41, 5.74) is 4.07. The molecule has 0 radical (unpaired) electrons. The van der Waals surface area contributed by atoms with Crippen molar-refractivity contribution in [2.45, 2.75) is 39.7 Å². The van der Waals surface area contributed by atoms with Gasteiger partial charge in [0.25, 0.3) is 5.91 Å². The van der Waals surface area contributed by atoms with Crippen LogP contribution < -0.4 is 15.1 Å². The van der Waals surface area contributed by atoms with Crippen molar-refractivity contribution in [3.63, 3.8) is 0 Å². The minimum atomic E-state index is -0.635. The Morgan fingerprint density at radius 3 is 2.54 bits per heavy atom. The predicted molar refractivity (Wildman–Crippen MR) is 142 cm³/mol. The first-order chi connectivity index (χ1) is 16.9. The first-order valence-corrected chi connectivity index (χ1v) is 12.6. The number of hydrogen-bond donors (Lipinski definition) is 0. The van der Waals surface area contributed by atoms with Gasteiger partial charge in [0, 0.05) is 10.2 Å². The highest BCUT2D eigenvalue weighted by atomic mass is 79.9. The number of rotatable bonds is 6. The first-order valence-electron chi connectivity index (χ1n) is 11.8. The number of ether oxygens (including phenoxy) is 1. The van der Waals surface area contributed by atoms with Gasteiger partial charge in [-0.3, -0.25) is 14.5 Å². The van der Waals surface area contributed by atoms with Crippen LogP contribution in [0.25, 0.3) is 11.0 Å². The fraction of sp³-hybridized carbons (Fsp3) is 0.241. The number of hydrogen-bond acceptors (Lipinski definition) is 4. The van der Waals surface area contributed by atoms with Crippen LogP contribution in [0.2, 0.25) is 0 Å². The minimum Gasteiger partial charge on any atom is -0.494 e. The van der Waals surface area contributed by atoms with E-state index in [-0.39, 0.29) is 17.1 Å². The number of fused-ring (bicyclic) bond motifs is 2. The highest BCUT2D eigenvalue weighted by molar-refractivity contribution is 9.10. The van der Waals surface area contributed by atoms with Crippen molar-refractivity contribution in [1.82, 2.24) is 0 Å². The average Bonchev–Trinajstić information content (AvgIpc) is 3.13. The Bertz CT molecular complexity index is 1510. The van der Waals surface area contributed by atoms with E-state index >= 15 is 0 Å². The van der Waals surface area contributed by atoms with Crippen molar-refractivity contribution < 1.29 is 13.9 Å². The Morgan fingerprint density at radius 2 is 1.77 bits per heavy atom. The molecule has 0 spiro atoms. The van der Waals surface area contributed by atoms with Gasteiger partial charge in [0.2, 0.25) is 5.76 Å². The van der Waals surface area contributed by atoms with Crippen molar-refractivity contribution in [2.24, 2.45) is 0 Å². The maximum atomic E-state index is 13.9. The number of benzene rings is 3. The molecule has 3 aromatic carbocycles. The van der Waals surface area contributed by atoms with E-state index < -0.39 is 6.04 Å². The van der Waals surface area contributed by atoms with Crippen LogP contribution in [-0.4, -0.2) is 12.5 Å². The number of halogens is 1. The highest BCUT2D eigenvalue weighted by Gasteiger charge is 2.43. The molecule has 1 aliphatic heterocycles. The van der Waals surface area contributed by atoms with E-state index in [1.165, 1.54) is 0 Å². The maximum absolute atomic E-state index is 13.9. The molecule has 0 fully saturated rings. The number of aryl methyl sites for hydroxylation is 2. The van der Waals surface area contributed by atoms with Crippen LogP contribution in [0.3, 0.4) is 0 Å². The molecule has 5 rings (SSSR count). The average molecular weight is 532 g/mol. The van der Waals surface area contributed by atoms with E-state index in [9.17, 15) is 9.59 Å². The summed E-state index contributed by atoms with van der Waals surface area (Å²) in [7, 11) is 0. The van der Waals surface area contributed by atoms with Crippen LogP contribution in [0.4, 0.5) is 5.69 Å². The summed E-state index contributed by atoms with van der Waals surface area (Å²) in [5, 5.41) is 0.482. The number of nitrogens with zero attached hydrogens (tertiary/aromatic N) is 1. The number of carbonyl (C=O) groups excluding carboxylic acids is 1. The van der Waals surface area contributed by atoms with Gasteiger partial charge in [-0.05, 0) is 79.4 Å². The summed E-state index contributed by atoms with van der Waals surface area (Å²) in [5.74, 6) is 0.466. The monoisotopic (exact) mass is 531 g/mol. The third-order valence-corrected chi connectivity index (χ3v) is 7.01. The molecule has 0 saturated carbocycles. The van der Waals surface area contributed by atoms with Gasteiger partial charge in [-0.2, -0.15) is 0 Å². The molecule has 1 amide bonds. The molecule has 0 bridgehead atoms. The molecule has 6 heteroatoms. The lowest BCUT2D eigenvalue weighted by molar-refractivity contribution is 0.0971. The van der Waals surface area contributed by atoms with Gasteiger partial charge in [0.05, 0.1) is 23.6 Å². The highest BCUT2D eigenvalue weighted by Crippen LogP contribution is 2.42. The normalized spacial score (nSPS) is 15.0. The Labute approximate surface area is 212 Å². The molecular formula is C29H26BrNO4. The molecule has 1 atom stereocenters. The van der Waals surface area contributed by atoms with Gasteiger partial charge >= 0.3 is 0 Å². The standard InChI is InChI=1S/C29H26BrNO4/c1-4-5-12-34-22-11-6-8-19(15-22)26-25-27(32)23-13-17(2)18(3)14-24(23)35-28(25)29(33)31(26)21-10-7-9-20(30)16-21/h6-11,13-16,26H,4-5,12H2,1-3H3. The van der Waals surface area contributed by atoms with Crippen LogP contribution in [0.5, 0.6) is 5.75 Å². The summed E-state index contributed by atoms with van der Waals surface area (Å²) in [6, 6.07) is 18.2. The number of anilines is 1. The summed E-state index contributed by atoms with van der Waals surface area (Å²) in [4.78, 5) is 29.3. The van der Waals surface area contributed by atoms with Gasteiger partial charge in [-0.25, -0.2) is 0 Å². The van der Waals surface area contributed by atoms with E-state index in [1.807, 2.05) is 74.5 Å². The third kappa shape index (κ3) is 4.16. The van der Waals surface area contributed by atoms with E-state index in [0.717, 1.165) is 34.0 Å². The Kier molecular flexibility index (Phi) is 6.24. The second-order valence-electron chi connectivity index (χ2n) is 8.94. The van der Waals surface area contributed by atoms with Crippen molar-refractivity contribution in [2.75, 3.05) is 11.5 Å². The molecule has 2 heterocycles. The summed E-state index contributed by atoms with van der Waals surface area (Å²) < 4.78 is 12.9. The zero-order chi connectivity index (χ0) is 24.7. The van der Waals surface area contributed by atoms with Crippen LogP contribution >= 0.6 is 15.9 Å². The Balaban J connectivity index is 1.74. The second-order valence-corrected chi connectivity index (χ2v) is 9.85. The molecule has 0 aliphatic carbocycles.